The van der Waals surface area contributed by atoms with E-state index in [4.69, 9.17) is 9.73 Å². The number of rotatable bonds is 6. The molecule has 29 heavy (non-hydrogen) atoms. The van der Waals surface area contributed by atoms with Gasteiger partial charge < -0.3 is 24.4 Å². The van der Waals surface area contributed by atoms with Crippen LogP contribution in [-0.4, -0.2) is 72.1 Å². The molecule has 1 aliphatic rings. The third-order valence-corrected chi connectivity index (χ3v) is 5.64. The zero-order valence-corrected chi connectivity index (χ0v) is 18.3. The number of guanidine groups is 1. The number of aryl methyl sites for hydroxylation is 2. The maximum Gasteiger partial charge on any atom is 0.194 e. The van der Waals surface area contributed by atoms with Crippen LogP contribution in [0, 0.1) is 20.8 Å². The predicted octanol–water partition coefficient (Wildman–Crippen LogP) is 1.65. The Hall–Kier alpha value is -2.61. The first-order valence-electron chi connectivity index (χ1n) is 10.2. The number of hydrogen-bond donors (Lipinski definition) is 1. The Morgan fingerprint density at radius 1 is 1.14 bits per heavy atom. The van der Waals surface area contributed by atoms with Crippen LogP contribution in [-0.2, 0) is 18.3 Å². The van der Waals surface area contributed by atoms with Crippen molar-refractivity contribution >= 4 is 11.6 Å². The summed E-state index contributed by atoms with van der Waals surface area (Å²) in [5.41, 5.74) is 4.04. The minimum atomic E-state index is 0.504. The number of piperazine rings is 1. The van der Waals surface area contributed by atoms with Gasteiger partial charge in [-0.15, -0.1) is 10.2 Å². The molecule has 2 heterocycles. The molecule has 1 aromatic heterocycles. The molecule has 2 aromatic rings. The summed E-state index contributed by atoms with van der Waals surface area (Å²) in [5.74, 6) is 2.66. The van der Waals surface area contributed by atoms with E-state index in [1.54, 1.807) is 7.11 Å². The largest absolute Gasteiger partial charge is 0.383 e. The van der Waals surface area contributed by atoms with Crippen molar-refractivity contribution in [3.8, 4) is 0 Å². The molecule has 0 bridgehead atoms. The zero-order valence-electron chi connectivity index (χ0n) is 18.3. The van der Waals surface area contributed by atoms with Crippen molar-refractivity contribution in [3.05, 3.63) is 41.0 Å². The molecule has 1 N–H and O–H groups in total. The van der Waals surface area contributed by atoms with Crippen molar-refractivity contribution in [1.82, 2.24) is 25.0 Å². The maximum atomic E-state index is 5.19. The molecule has 3 rings (SSSR count). The molecule has 1 saturated heterocycles. The lowest BCUT2D eigenvalue weighted by Gasteiger charge is -2.38. The summed E-state index contributed by atoms with van der Waals surface area (Å²) in [4.78, 5) is 9.62. The fourth-order valence-electron chi connectivity index (χ4n) is 3.50. The van der Waals surface area contributed by atoms with Crippen molar-refractivity contribution in [2.45, 2.75) is 27.3 Å². The number of nitrogens with zero attached hydrogens (tertiary/aromatic N) is 6. The minimum absolute atomic E-state index is 0.504. The number of ether oxygens (including phenoxy) is 1. The molecule has 158 valence electrons. The fourth-order valence-corrected chi connectivity index (χ4v) is 3.50. The lowest BCUT2D eigenvalue weighted by Crippen LogP contribution is -2.53. The highest BCUT2D eigenvalue weighted by atomic mass is 16.5. The van der Waals surface area contributed by atoms with Gasteiger partial charge >= 0.3 is 0 Å². The van der Waals surface area contributed by atoms with E-state index in [1.165, 1.54) is 16.8 Å². The molecule has 8 nitrogen and oxygen atoms in total. The maximum absolute atomic E-state index is 5.19. The van der Waals surface area contributed by atoms with Crippen molar-refractivity contribution in [2.75, 3.05) is 51.3 Å². The van der Waals surface area contributed by atoms with Crippen LogP contribution < -0.4 is 10.2 Å². The Morgan fingerprint density at radius 2 is 1.90 bits per heavy atom. The van der Waals surface area contributed by atoms with Gasteiger partial charge in [-0.2, -0.15) is 0 Å². The van der Waals surface area contributed by atoms with Crippen molar-refractivity contribution in [1.29, 1.82) is 0 Å². The van der Waals surface area contributed by atoms with E-state index in [0.29, 0.717) is 13.2 Å². The smallest absolute Gasteiger partial charge is 0.194 e. The van der Waals surface area contributed by atoms with Crippen LogP contribution in [0.25, 0.3) is 0 Å². The van der Waals surface area contributed by atoms with E-state index in [-0.39, 0.29) is 0 Å². The standard InChI is InChI=1S/C21H33N7O/c1-16-7-6-8-19(17(16)2)27-10-12-28(13-11-27)21(22-9-14-29-5)23-15-20-25-24-18(3)26(20)4/h6-8H,9-15H2,1-5H3,(H,22,23). The summed E-state index contributed by atoms with van der Waals surface area (Å²) in [5, 5.41) is 11.8. The normalized spacial score (nSPS) is 15.1. The first-order chi connectivity index (χ1) is 14.0. The van der Waals surface area contributed by atoms with Crippen molar-refractivity contribution in [3.63, 3.8) is 0 Å². The van der Waals surface area contributed by atoms with E-state index in [1.807, 2.05) is 18.5 Å². The van der Waals surface area contributed by atoms with Crippen LogP contribution in [0.3, 0.4) is 0 Å². The molecule has 0 saturated carbocycles. The van der Waals surface area contributed by atoms with Gasteiger partial charge in [0.15, 0.2) is 11.8 Å². The molecule has 0 spiro atoms. The quantitative estimate of drug-likeness (QED) is 0.453. The van der Waals surface area contributed by atoms with Gasteiger partial charge in [0.2, 0.25) is 0 Å². The molecular formula is C21H33N7O. The SMILES string of the molecule is COCCNC(=NCc1nnc(C)n1C)N1CCN(c2cccc(C)c2C)CC1. The number of hydrogen-bond acceptors (Lipinski definition) is 5. The number of nitrogens with one attached hydrogen (secondary N) is 1. The Balaban J connectivity index is 1.68. The van der Waals surface area contributed by atoms with Gasteiger partial charge in [0.25, 0.3) is 0 Å². The van der Waals surface area contributed by atoms with Gasteiger partial charge in [-0.05, 0) is 38.0 Å². The average Bonchev–Trinajstić information content (AvgIpc) is 3.05. The second-order valence-electron chi connectivity index (χ2n) is 7.48. The van der Waals surface area contributed by atoms with Gasteiger partial charge in [-0.1, -0.05) is 12.1 Å². The molecule has 8 heteroatoms. The second kappa shape index (κ2) is 9.73. The summed E-state index contributed by atoms with van der Waals surface area (Å²) < 4.78 is 7.17. The van der Waals surface area contributed by atoms with Crippen molar-refractivity contribution in [2.24, 2.45) is 12.0 Å². The highest BCUT2D eigenvalue weighted by Crippen LogP contribution is 2.23. The molecule has 0 unspecified atom stereocenters. The van der Waals surface area contributed by atoms with E-state index >= 15 is 0 Å². The molecule has 1 aromatic carbocycles. The minimum Gasteiger partial charge on any atom is -0.383 e. The van der Waals surface area contributed by atoms with Gasteiger partial charge in [0.1, 0.15) is 12.4 Å². The molecule has 0 aliphatic carbocycles. The third-order valence-electron chi connectivity index (χ3n) is 5.64. The molecule has 0 amide bonds. The zero-order chi connectivity index (χ0) is 20.8. The van der Waals surface area contributed by atoms with Crippen LogP contribution in [0.2, 0.25) is 0 Å². The lowest BCUT2D eigenvalue weighted by molar-refractivity contribution is 0.202. The van der Waals surface area contributed by atoms with Gasteiger partial charge in [-0.25, -0.2) is 4.99 Å². The van der Waals surface area contributed by atoms with E-state index in [0.717, 1.165) is 50.3 Å². The first-order valence-corrected chi connectivity index (χ1v) is 10.2. The monoisotopic (exact) mass is 399 g/mol. The van der Waals surface area contributed by atoms with Gasteiger partial charge in [0, 0.05) is 52.6 Å². The molecular weight excluding hydrogens is 366 g/mol. The first kappa shape index (κ1) is 21.1. The Morgan fingerprint density at radius 3 is 2.55 bits per heavy atom. The molecule has 0 radical (unpaired) electrons. The van der Waals surface area contributed by atoms with Crippen LogP contribution in [0.15, 0.2) is 23.2 Å². The van der Waals surface area contributed by atoms with Crippen LogP contribution in [0.1, 0.15) is 22.8 Å². The highest BCUT2D eigenvalue weighted by molar-refractivity contribution is 5.80. The topological polar surface area (TPSA) is 70.8 Å². The predicted molar refractivity (Wildman–Crippen MR) is 116 cm³/mol. The molecule has 0 atom stereocenters. The van der Waals surface area contributed by atoms with Gasteiger partial charge in [0.05, 0.1) is 6.61 Å². The number of aliphatic imine (C=N–C) groups is 1. The van der Waals surface area contributed by atoms with Crippen LogP contribution in [0.5, 0.6) is 0 Å². The van der Waals surface area contributed by atoms with Gasteiger partial charge in [-0.3, -0.25) is 0 Å². The molecule has 1 aliphatic heterocycles. The van der Waals surface area contributed by atoms with Crippen molar-refractivity contribution < 1.29 is 4.74 Å². The number of aromatic nitrogens is 3. The van der Waals surface area contributed by atoms with Crippen LogP contribution in [0.4, 0.5) is 5.69 Å². The number of methoxy groups -OCH3 is 1. The third kappa shape index (κ3) is 5.06. The fraction of sp³-hybridized carbons (Fsp3) is 0.571. The van der Waals surface area contributed by atoms with Crippen LogP contribution >= 0.6 is 0 Å². The Labute approximate surface area is 173 Å². The summed E-state index contributed by atoms with van der Waals surface area (Å²) >= 11 is 0. The number of anilines is 1. The Bertz CT molecular complexity index is 838. The summed E-state index contributed by atoms with van der Waals surface area (Å²) in [6, 6.07) is 6.54. The van der Waals surface area contributed by atoms with E-state index < -0.39 is 0 Å². The van der Waals surface area contributed by atoms with E-state index in [9.17, 15) is 0 Å². The molecule has 1 fully saturated rings. The lowest BCUT2D eigenvalue weighted by atomic mass is 10.1. The number of benzene rings is 1. The average molecular weight is 400 g/mol. The van der Waals surface area contributed by atoms with E-state index in [2.05, 4.69) is 57.4 Å². The second-order valence-corrected chi connectivity index (χ2v) is 7.48. The summed E-state index contributed by atoms with van der Waals surface area (Å²) in [7, 11) is 3.69. The summed E-state index contributed by atoms with van der Waals surface area (Å²) in [6.45, 7) is 12.0. The Kier molecular flexibility index (Phi) is 7.09. The highest BCUT2D eigenvalue weighted by Gasteiger charge is 2.21. The summed E-state index contributed by atoms with van der Waals surface area (Å²) in [6.07, 6.45) is 0.